The van der Waals surface area contributed by atoms with Gasteiger partial charge in [0.1, 0.15) is 23.8 Å². The summed E-state index contributed by atoms with van der Waals surface area (Å²) in [7, 11) is 0. The summed E-state index contributed by atoms with van der Waals surface area (Å²) < 4.78 is 20.0. The summed E-state index contributed by atoms with van der Waals surface area (Å²) in [6, 6.07) is 9.41. The lowest BCUT2D eigenvalue weighted by Crippen LogP contribution is -2.44. The standard InChI is InChI=1S/C19H15ClFN5O/c20-18-24-9-14(10-25-18)26-17-16-2-1-15(5-13(16)3-4-23-17)27-11-19(21)6-12(7-19)8-22/h1-5,9-10,12H,6-7,11H2,(H,23,26)/t12-,19+. The Morgan fingerprint density at radius 1 is 1.26 bits per heavy atom. The fourth-order valence-electron chi connectivity index (χ4n) is 3.10. The monoisotopic (exact) mass is 383 g/mol. The molecule has 1 fully saturated rings. The molecule has 27 heavy (non-hydrogen) atoms. The van der Waals surface area contributed by atoms with E-state index in [-0.39, 0.29) is 30.7 Å². The highest BCUT2D eigenvalue weighted by molar-refractivity contribution is 6.28. The molecule has 4 rings (SSSR count). The lowest BCUT2D eigenvalue weighted by atomic mass is 9.73. The number of anilines is 2. The highest BCUT2D eigenvalue weighted by Crippen LogP contribution is 2.41. The topological polar surface area (TPSA) is 83.7 Å². The van der Waals surface area contributed by atoms with Crippen LogP contribution in [0.5, 0.6) is 5.75 Å². The van der Waals surface area contributed by atoms with E-state index in [1.54, 1.807) is 24.7 Å². The maximum absolute atomic E-state index is 14.4. The zero-order valence-electron chi connectivity index (χ0n) is 14.2. The first-order valence-electron chi connectivity index (χ1n) is 8.39. The Morgan fingerprint density at radius 3 is 2.78 bits per heavy atom. The van der Waals surface area contributed by atoms with Gasteiger partial charge in [-0.3, -0.25) is 0 Å². The van der Waals surface area contributed by atoms with Crippen LogP contribution in [0.25, 0.3) is 10.8 Å². The number of alkyl halides is 1. The first-order valence-corrected chi connectivity index (χ1v) is 8.77. The number of halogens is 2. The quantitative estimate of drug-likeness (QED) is 0.655. The van der Waals surface area contributed by atoms with Gasteiger partial charge in [-0.2, -0.15) is 5.26 Å². The van der Waals surface area contributed by atoms with Crippen molar-refractivity contribution in [1.29, 1.82) is 5.26 Å². The number of nitrogens with zero attached hydrogens (tertiary/aromatic N) is 4. The Bertz CT molecular complexity index is 1010. The van der Waals surface area contributed by atoms with Crippen molar-refractivity contribution >= 4 is 33.9 Å². The maximum Gasteiger partial charge on any atom is 0.222 e. The third-order valence-corrected chi connectivity index (χ3v) is 4.72. The molecule has 0 spiro atoms. The van der Waals surface area contributed by atoms with Crippen LogP contribution in [0.15, 0.2) is 42.9 Å². The SMILES string of the molecule is N#C[C@H]1C[C@](F)(COc2ccc3c(Nc4cnc(Cl)nc4)nccc3c2)C1. The average molecular weight is 384 g/mol. The van der Waals surface area contributed by atoms with Crippen LogP contribution in [0.4, 0.5) is 15.9 Å². The molecule has 8 heteroatoms. The van der Waals surface area contributed by atoms with E-state index in [4.69, 9.17) is 21.6 Å². The highest BCUT2D eigenvalue weighted by Gasteiger charge is 2.45. The molecule has 0 amide bonds. The molecule has 1 aliphatic carbocycles. The van der Waals surface area contributed by atoms with Crippen molar-refractivity contribution < 1.29 is 9.13 Å². The summed E-state index contributed by atoms with van der Waals surface area (Å²) in [6.07, 6.45) is 5.28. The molecule has 1 aliphatic rings. The summed E-state index contributed by atoms with van der Waals surface area (Å²) in [5.41, 5.74) is -0.745. The third-order valence-electron chi connectivity index (χ3n) is 4.52. The number of nitrogens with one attached hydrogen (secondary N) is 1. The second-order valence-corrected chi connectivity index (χ2v) is 6.92. The summed E-state index contributed by atoms with van der Waals surface area (Å²) in [6.45, 7) is -0.0466. The molecule has 0 unspecified atom stereocenters. The molecule has 0 radical (unpaired) electrons. The Hall–Kier alpha value is -2.98. The van der Waals surface area contributed by atoms with Crippen LogP contribution < -0.4 is 10.1 Å². The van der Waals surface area contributed by atoms with Gasteiger partial charge in [-0.25, -0.2) is 19.3 Å². The highest BCUT2D eigenvalue weighted by atomic mass is 35.5. The molecule has 2 heterocycles. The molecule has 2 aromatic heterocycles. The molecule has 0 bridgehead atoms. The Balaban J connectivity index is 1.50. The number of rotatable bonds is 5. The summed E-state index contributed by atoms with van der Waals surface area (Å²) >= 11 is 5.70. The number of ether oxygens (including phenoxy) is 1. The van der Waals surface area contributed by atoms with Gasteiger partial charge in [0.2, 0.25) is 5.28 Å². The lowest BCUT2D eigenvalue weighted by Gasteiger charge is -2.37. The minimum atomic E-state index is -1.41. The number of hydrogen-bond acceptors (Lipinski definition) is 6. The van der Waals surface area contributed by atoms with Crippen molar-refractivity contribution in [1.82, 2.24) is 15.0 Å². The Kier molecular flexibility index (Phi) is 4.50. The largest absolute Gasteiger partial charge is 0.490 e. The van der Waals surface area contributed by atoms with Crippen LogP contribution >= 0.6 is 11.6 Å². The van der Waals surface area contributed by atoms with Crippen molar-refractivity contribution in [3.63, 3.8) is 0 Å². The van der Waals surface area contributed by atoms with E-state index >= 15 is 0 Å². The van der Waals surface area contributed by atoms with E-state index < -0.39 is 5.67 Å². The van der Waals surface area contributed by atoms with Gasteiger partial charge in [0.25, 0.3) is 0 Å². The van der Waals surface area contributed by atoms with E-state index in [2.05, 4.69) is 26.3 Å². The van der Waals surface area contributed by atoms with Crippen molar-refractivity contribution in [3.05, 3.63) is 48.1 Å². The molecule has 6 nitrogen and oxygen atoms in total. The third kappa shape index (κ3) is 3.76. The van der Waals surface area contributed by atoms with E-state index in [0.717, 1.165) is 10.8 Å². The summed E-state index contributed by atoms with van der Waals surface area (Å²) in [4.78, 5) is 12.2. The van der Waals surface area contributed by atoms with Crippen LogP contribution in [0.1, 0.15) is 12.8 Å². The summed E-state index contributed by atoms with van der Waals surface area (Å²) in [5, 5.41) is 13.9. The molecular weight excluding hydrogens is 369 g/mol. The number of benzene rings is 1. The maximum atomic E-state index is 14.4. The van der Waals surface area contributed by atoms with Gasteiger partial charge in [0.15, 0.2) is 0 Å². The molecule has 1 N–H and O–H groups in total. The molecular formula is C19H15ClFN5O. The van der Waals surface area contributed by atoms with Crippen LogP contribution in [-0.2, 0) is 0 Å². The number of pyridine rings is 1. The number of nitriles is 1. The van der Waals surface area contributed by atoms with Crippen LogP contribution in [-0.4, -0.2) is 27.2 Å². The molecule has 1 saturated carbocycles. The van der Waals surface area contributed by atoms with Gasteiger partial charge < -0.3 is 10.1 Å². The van der Waals surface area contributed by atoms with Crippen molar-refractivity contribution in [2.45, 2.75) is 18.5 Å². The molecule has 1 aromatic carbocycles. The predicted octanol–water partition coefficient (Wildman–Crippen LogP) is 4.44. The smallest absolute Gasteiger partial charge is 0.222 e. The van der Waals surface area contributed by atoms with Crippen molar-refractivity contribution in [3.8, 4) is 11.8 Å². The van der Waals surface area contributed by atoms with Crippen LogP contribution in [0, 0.1) is 17.2 Å². The van der Waals surface area contributed by atoms with E-state index in [1.165, 1.54) is 0 Å². The fraction of sp³-hybridized carbons (Fsp3) is 0.263. The van der Waals surface area contributed by atoms with Crippen molar-refractivity contribution in [2.75, 3.05) is 11.9 Å². The summed E-state index contributed by atoms with van der Waals surface area (Å²) in [5.74, 6) is 1.02. The minimum absolute atomic E-state index is 0.0466. The lowest BCUT2D eigenvalue weighted by molar-refractivity contribution is -0.0124. The number of fused-ring (bicyclic) bond motifs is 1. The molecule has 0 saturated heterocycles. The second kappa shape index (κ2) is 6.97. The first-order chi connectivity index (χ1) is 13.0. The van der Waals surface area contributed by atoms with Gasteiger partial charge in [0, 0.05) is 24.4 Å². The van der Waals surface area contributed by atoms with Crippen LogP contribution in [0.2, 0.25) is 5.28 Å². The van der Waals surface area contributed by atoms with Gasteiger partial charge in [-0.1, -0.05) is 0 Å². The predicted molar refractivity (Wildman–Crippen MR) is 99.7 cm³/mol. The minimum Gasteiger partial charge on any atom is -0.490 e. The molecule has 136 valence electrons. The van der Waals surface area contributed by atoms with Gasteiger partial charge in [-0.15, -0.1) is 0 Å². The zero-order valence-corrected chi connectivity index (χ0v) is 14.9. The number of aromatic nitrogens is 3. The Morgan fingerprint density at radius 2 is 2.04 bits per heavy atom. The zero-order chi connectivity index (χ0) is 18.9. The molecule has 0 aliphatic heterocycles. The Labute approximate surface area is 160 Å². The van der Waals surface area contributed by atoms with Crippen LogP contribution in [0.3, 0.4) is 0 Å². The first kappa shape index (κ1) is 17.4. The van der Waals surface area contributed by atoms with Gasteiger partial charge in [0.05, 0.1) is 30.1 Å². The van der Waals surface area contributed by atoms with E-state index in [1.807, 2.05) is 18.2 Å². The van der Waals surface area contributed by atoms with E-state index in [9.17, 15) is 4.39 Å². The second-order valence-electron chi connectivity index (χ2n) is 6.58. The average Bonchev–Trinajstić information content (AvgIpc) is 2.66. The van der Waals surface area contributed by atoms with Crippen molar-refractivity contribution in [2.24, 2.45) is 5.92 Å². The van der Waals surface area contributed by atoms with Gasteiger partial charge >= 0.3 is 0 Å². The fourth-order valence-corrected chi connectivity index (χ4v) is 3.20. The van der Waals surface area contributed by atoms with E-state index in [0.29, 0.717) is 17.3 Å². The molecule has 0 atom stereocenters. The molecule has 3 aromatic rings. The normalized spacial score (nSPS) is 21.3. The number of hydrogen-bond donors (Lipinski definition) is 1. The van der Waals surface area contributed by atoms with Gasteiger partial charge in [-0.05, 0) is 41.3 Å².